The number of hydrogen-bond donors (Lipinski definition) is 3. The molecule has 3 N–H and O–H groups in total. The number of sulfonamides is 1. The molecule has 1 fully saturated rings. The van der Waals surface area contributed by atoms with E-state index in [0.29, 0.717) is 5.69 Å². The van der Waals surface area contributed by atoms with Crippen LogP contribution in [-0.4, -0.2) is 39.1 Å². The summed E-state index contributed by atoms with van der Waals surface area (Å²) in [5, 5.41) is 0.214. The number of nitrogens with one attached hydrogen (secondary N) is 3. The largest absolute Gasteiger partial charge is 0.372 e. The number of piperidine rings is 1. The fraction of sp³-hybridized carbons (Fsp3) is 0.300. The molecule has 0 spiro atoms. The highest BCUT2D eigenvalue weighted by Crippen LogP contribution is 2.22. The molecule has 2 aromatic carbocycles. The molecular weight excluding hydrogens is 428 g/mol. The molecular formula is C20H23ClN4O4S. The standard InChI is InChI=1S/C20H23ClN4O4S/c21-18-7-3-2-6-17(18)20(27)23-22-19(26)14-30(28,29)24-15-8-10-16(11-9-15)25-12-4-1-5-13-25/h2-3,6-11,24H,1,4-5,12-14H2,(H,22,26)(H,23,27). The Hall–Kier alpha value is -2.78. The van der Waals surface area contributed by atoms with E-state index in [9.17, 15) is 18.0 Å². The number of nitrogens with zero attached hydrogens (tertiary/aromatic N) is 1. The van der Waals surface area contributed by atoms with Crippen LogP contribution >= 0.6 is 11.6 Å². The van der Waals surface area contributed by atoms with E-state index in [1.165, 1.54) is 18.6 Å². The number of hydrogen-bond acceptors (Lipinski definition) is 5. The second-order valence-electron chi connectivity index (χ2n) is 6.94. The molecule has 160 valence electrons. The average molecular weight is 451 g/mol. The molecule has 2 aromatic rings. The Kier molecular flexibility index (Phi) is 7.17. The fourth-order valence-corrected chi connectivity index (χ4v) is 4.36. The molecule has 0 bridgehead atoms. The summed E-state index contributed by atoms with van der Waals surface area (Å²) in [4.78, 5) is 26.2. The second-order valence-corrected chi connectivity index (χ2v) is 9.07. The number of carbonyl (C=O) groups excluding carboxylic acids is 2. The average Bonchev–Trinajstić information content (AvgIpc) is 2.73. The summed E-state index contributed by atoms with van der Waals surface area (Å²) in [7, 11) is -3.95. The monoisotopic (exact) mass is 450 g/mol. The molecule has 3 rings (SSSR count). The first-order chi connectivity index (χ1) is 14.3. The minimum atomic E-state index is -3.95. The van der Waals surface area contributed by atoms with Crippen LogP contribution in [-0.2, 0) is 14.8 Å². The third kappa shape index (κ3) is 6.11. The van der Waals surface area contributed by atoms with Crippen molar-refractivity contribution in [1.29, 1.82) is 0 Å². The number of carbonyl (C=O) groups is 2. The summed E-state index contributed by atoms with van der Waals surface area (Å²) in [6.45, 7) is 1.98. The minimum Gasteiger partial charge on any atom is -0.372 e. The van der Waals surface area contributed by atoms with Crippen LogP contribution < -0.4 is 20.5 Å². The zero-order valence-electron chi connectivity index (χ0n) is 16.2. The summed E-state index contributed by atoms with van der Waals surface area (Å²) in [6, 6.07) is 13.3. The van der Waals surface area contributed by atoms with Crippen LogP contribution in [0.5, 0.6) is 0 Å². The van der Waals surface area contributed by atoms with Gasteiger partial charge in [0.1, 0.15) is 5.75 Å². The van der Waals surface area contributed by atoms with E-state index in [4.69, 9.17) is 11.6 Å². The lowest BCUT2D eigenvalue weighted by molar-refractivity contribution is -0.119. The van der Waals surface area contributed by atoms with Crippen molar-refractivity contribution in [2.24, 2.45) is 0 Å². The van der Waals surface area contributed by atoms with Gasteiger partial charge in [-0.2, -0.15) is 0 Å². The molecule has 0 saturated carbocycles. The number of amides is 2. The molecule has 10 heteroatoms. The second kappa shape index (κ2) is 9.82. The first-order valence-electron chi connectivity index (χ1n) is 9.53. The summed E-state index contributed by atoms with van der Waals surface area (Å²) in [5.74, 6) is -2.37. The number of rotatable bonds is 6. The molecule has 1 heterocycles. The van der Waals surface area contributed by atoms with E-state index >= 15 is 0 Å². The fourth-order valence-electron chi connectivity index (χ4n) is 3.16. The van der Waals surface area contributed by atoms with Crippen LogP contribution in [0.1, 0.15) is 29.6 Å². The van der Waals surface area contributed by atoms with Crippen molar-refractivity contribution in [1.82, 2.24) is 10.9 Å². The molecule has 8 nitrogen and oxygen atoms in total. The number of hydrazine groups is 1. The van der Waals surface area contributed by atoms with Crippen molar-refractivity contribution in [2.75, 3.05) is 28.5 Å². The van der Waals surface area contributed by atoms with Gasteiger partial charge >= 0.3 is 0 Å². The van der Waals surface area contributed by atoms with E-state index in [1.54, 1.807) is 24.3 Å². The van der Waals surface area contributed by atoms with Gasteiger partial charge in [0.25, 0.3) is 11.8 Å². The van der Waals surface area contributed by atoms with Crippen LogP contribution in [0.15, 0.2) is 48.5 Å². The Morgan fingerprint density at radius 2 is 1.60 bits per heavy atom. The highest BCUT2D eigenvalue weighted by molar-refractivity contribution is 7.93. The Morgan fingerprint density at radius 3 is 2.27 bits per heavy atom. The lowest BCUT2D eigenvalue weighted by Crippen LogP contribution is -2.44. The van der Waals surface area contributed by atoms with E-state index in [1.807, 2.05) is 12.1 Å². The minimum absolute atomic E-state index is 0.161. The lowest BCUT2D eigenvalue weighted by atomic mass is 10.1. The zero-order valence-corrected chi connectivity index (χ0v) is 17.8. The quantitative estimate of drug-likeness (QED) is 0.586. The SMILES string of the molecule is O=C(CS(=O)(=O)Nc1ccc(N2CCCCC2)cc1)NNC(=O)c1ccccc1Cl. The zero-order chi connectivity index (χ0) is 21.6. The van der Waals surface area contributed by atoms with Gasteiger partial charge in [-0.05, 0) is 55.7 Å². The summed E-state index contributed by atoms with van der Waals surface area (Å²) >= 11 is 5.91. The Morgan fingerprint density at radius 1 is 0.933 bits per heavy atom. The molecule has 0 aliphatic carbocycles. The van der Waals surface area contributed by atoms with E-state index in [-0.39, 0.29) is 10.6 Å². The third-order valence-electron chi connectivity index (χ3n) is 4.62. The van der Waals surface area contributed by atoms with E-state index in [2.05, 4.69) is 20.5 Å². The van der Waals surface area contributed by atoms with Gasteiger partial charge in [-0.15, -0.1) is 0 Å². The summed E-state index contributed by atoms with van der Waals surface area (Å²) in [6.07, 6.45) is 3.53. The Balaban J connectivity index is 1.51. The van der Waals surface area contributed by atoms with Gasteiger partial charge in [-0.1, -0.05) is 23.7 Å². The lowest BCUT2D eigenvalue weighted by Gasteiger charge is -2.28. The highest BCUT2D eigenvalue weighted by atomic mass is 35.5. The molecule has 0 unspecified atom stereocenters. The Labute approximate surface area is 180 Å². The summed E-state index contributed by atoms with van der Waals surface area (Å²) in [5.41, 5.74) is 5.79. The van der Waals surface area contributed by atoms with Crippen molar-refractivity contribution in [2.45, 2.75) is 19.3 Å². The van der Waals surface area contributed by atoms with Crippen LogP contribution in [0.4, 0.5) is 11.4 Å². The van der Waals surface area contributed by atoms with Crippen LogP contribution in [0, 0.1) is 0 Å². The predicted molar refractivity (Wildman–Crippen MR) is 117 cm³/mol. The molecule has 1 aliphatic rings. The van der Waals surface area contributed by atoms with Crippen molar-refractivity contribution in [3.8, 4) is 0 Å². The Bertz CT molecular complexity index is 1010. The van der Waals surface area contributed by atoms with Crippen molar-refractivity contribution in [3.63, 3.8) is 0 Å². The molecule has 2 amide bonds. The van der Waals surface area contributed by atoms with Gasteiger partial charge in [0, 0.05) is 24.5 Å². The molecule has 0 atom stereocenters. The van der Waals surface area contributed by atoms with Crippen molar-refractivity contribution < 1.29 is 18.0 Å². The van der Waals surface area contributed by atoms with Crippen molar-refractivity contribution >= 4 is 44.8 Å². The molecule has 0 radical (unpaired) electrons. The van der Waals surface area contributed by atoms with Gasteiger partial charge in [0.15, 0.2) is 0 Å². The topological polar surface area (TPSA) is 108 Å². The molecule has 1 saturated heterocycles. The molecule has 30 heavy (non-hydrogen) atoms. The molecule has 1 aliphatic heterocycles. The maximum atomic E-state index is 12.2. The number of halogens is 1. The summed E-state index contributed by atoms with van der Waals surface area (Å²) < 4.78 is 26.9. The maximum absolute atomic E-state index is 12.2. The first-order valence-corrected chi connectivity index (χ1v) is 11.6. The first kappa shape index (κ1) is 21.9. The van der Waals surface area contributed by atoms with E-state index in [0.717, 1.165) is 31.6 Å². The maximum Gasteiger partial charge on any atom is 0.271 e. The number of anilines is 2. The van der Waals surface area contributed by atoms with Gasteiger partial charge in [-0.25, -0.2) is 8.42 Å². The van der Waals surface area contributed by atoms with Crippen molar-refractivity contribution in [3.05, 3.63) is 59.1 Å². The van der Waals surface area contributed by atoms with Gasteiger partial charge < -0.3 is 4.90 Å². The van der Waals surface area contributed by atoms with Gasteiger partial charge in [-0.3, -0.25) is 25.2 Å². The predicted octanol–water partition coefficient (Wildman–Crippen LogP) is 2.53. The van der Waals surface area contributed by atoms with Crippen LogP contribution in [0.2, 0.25) is 5.02 Å². The third-order valence-corrected chi connectivity index (χ3v) is 6.14. The van der Waals surface area contributed by atoms with Gasteiger partial charge in [0.05, 0.1) is 10.6 Å². The van der Waals surface area contributed by atoms with Gasteiger partial charge in [0.2, 0.25) is 10.0 Å². The van der Waals surface area contributed by atoms with Crippen LogP contribution in [0.3, 0.4) is 0 Å². The van der Waals surface area contributed by atoms with E-state index < -0.39 is 27.6 Å². The number of benzene rings is 2. The molecule has 0 aromatic heterocycles. The highest BCUT2D eigenvalue weighted by Gasteiger charge is 2.18. The smallest absolute Gasteiger partial charge is 0.271 e. The normalized spacial score (nSPS) is 14.1. The van der Waals surface area contributed by atoms with Crippen LogP contribution in [0.25, 0.3) is 0 Å².